The lowest BCUT2D eigenvalue weighted by molar-refractivity contribution is 0.174. The van der Waals surface area contributed by atoms with E-state index in [1.807, 2.05) is 13.1 Å². The molecular formula is C12H15NO2. The first-order valence-electron chi connectivity index (χ1n) is 5.42. The van der Waals surface area contributed by atoms with Gasteiger partial charge in [0, 0.05) is 0 Å². The van der Waals surface area contributed by atoms with Gasteiger partial charge in [-0.15, -0.1) is 0 Å². The molecule has 2 aliphatic rings. The molecule has 1 aromatic rings. The minimum atomic E-state index is 0.364. The Balaban J connectivity index is 1.77. The van der Waals surface area contributed by atoms with E-state index in [1.165, 1.54) is 12.0 Å². The summed E-state index contributed by atoms with van der Waals surface area (Å²) in [5.41, 5.74) is 1.39. The second-order valence-corrected chi connectivity index (χ2v) is 4.27. The average molecular weight is 205 g/mol. The molecule has 0 spiro atoms. The van der Waals surface area contributed by atoms with Gasteiger partial charge in [-0.25, -0.2) is 0 Å². The van der Waals surface area contributed by atoms with E-state index in [0.717, 1.165) is 24.0 Å². The molecule has 1 N–H and O–H groups in total. The number of rotatable bonds is 3. The standard InChI is InChI=1S/C12H15NO2/c1-13-6-9-4-10(9)8-2-3-11-12(5-8)15-7-14-11/h2-3,5,9-10,13H,4,6-7H2,1H3. The molecule has 3 rings (SSSR count). The highest BCUT2D eigenvalue weighted by atomic mass is 16.7. The quantitative estimate of drug-likeness (QED) is 0.815. The van der Waals surface area contributed by atoms with Crippen LogP contribution in [0.3, 0.4) is 0 Å². The minimum absolute atomic E-state index is 0.364. The minimum Gasteiger partial charge on any atom is -0.454 e. The molecule has 1 aliphatic heterocycles. The van der Waals surface area contributed by atoms with Crippen LogP contribution < -0.4 is 14.8 Å². The van der Waals surface area contributed by atoms with E-state index in [1.54, 1.807) is 0 Å². The van der Waals surface area contributed by atoms with Crippen LogP contribution in [0.2, 0.25) is 0 Å². The molecule has 1 heterocycles. The second-order valence-electron chi connectivity index (χ2n) is 4.27. The van der Waals surface area contributed by atoms with Gasteiger partial charge in [-0.3, -0.25) is 0 Å². The zero-order valence-corrected chi connectivity index (χ0v) is 8.82. The third-order valence-corrected chi connectivity index (χ3v) is 3.21. The summed E-state index contributed by atoms with van der Waals surface area (Å²) in [7, 11) is 2.01. The number of benzene rings is 1. The lowest BCUT2D eigenvalue weighted by Crippen LogP contribution is -2.10. The number of nitrogens with one attached hydrogen (secondary N) is 1. The van der Waals surface area contributed by atoms with Crippen LogP contribution >= 0.6 is 0 Å². The van der Waals surface area contributed by atoms with Crippen LogP contribution in [-0.2, 0) is 0 Å². The fourth-order valence-corrected chi connectivity index (χ4v) is 2.29. The first-order valence-corrected chi connectivity index (χ1v) is 5.42. The van der Waals surface area contributed by atoms with Gasteiger partial charge in [0.25, 0.3) is 0 Å². The van der Waals surface area contributed by atoms with Gasteiger partial charge in [-0.1, -0.05) is 6.07 Å². The van der Waals surface area contributed by atoms with Crippen molar-refractivity contribution in [1.29, 1.82) is 0 Å². The second kappa shape index (κ2) is 3.42. The lowest BCUT2D eigenvalue weighted by atomic mass is 10.1. The Bertz CT molecular complexity index is 378. The molecule has 2 atom stereocenters. The van der Waals surface area contributed by atoms with E-state index < -0.39 is 0 Å². The van der Waals surface area contributed by atoms with E-state index in [4.69, 9.17) is 9.47 Å². The molecular weight excluding hydrogens is 190 g/mol. The van der Waals surface area contributed by atoms with E-state index in [9.17, 15) is 0 Å². The molecule has 1 fully saturated rings. The van der Waals surface area contributed by atoms with E-state index in [0.29, 0.717) is 12.7 Å². The molecule has 0 aromatic heterocycles. The summed E-state index contributed by atoms with van der Waals surface area (Å²) in [6, 6.07) is 6.31. The predicted octanol–water partition coefficient (Wildman–Crippen LogP) is 1.74. The van der Waals surface area contributed by atoms with Crippen LogP contribution in [-0.4, -0.2) is 20.4 Å². The average Bonchev–Trinajstić information content (AvgIpc) is 2.87. The Hall–Kier alpha value is -1.22. The summed E-state index contributed by atoms with van der Waals surface area (Å²) in [5.74, 6) is 3.30. The summed E-state index contributed by atoms with van der Waals surface area (Å²) in [6.45, 7) is 1.47. The summed E-state index contributed by atoms with van der Waals surface area (Å²) < 4.78 is 10.7. The van der Waals surface area contributed by atoms with Crippen molar-refractivity contribution in [1.82, 2.24) is 5.32 Å². The molecule has 80 valence electrons. The Morgan fingerprint density at radius 1 is 1.33 bits per heavy atom. The van der Waals surface area contributed by atoms with Crippen LogP contribution in [0.25, 0.3) is 0 Å². The molecule has 2 unspecified atom stereocenters. The molecule has 0 bridgehead atoms. The monoisotopic (exact) mass is 205 g/mol. The highest BCUT2D eigenvalue weighted by molar-refractivity contribution is 5.46. The van der Waals surface area contributed by atoms with Gasteiger partial charge >= 0.3 is 0 Å². The highest BCUT2D eigenvalue weighted by Crippen LogP contribution is 2.49. The maximum absolute atomic E-state index is 5.37. The van der Waals surface area contributed by atoms with E-state index >= 15 is 0 Å². The van der Waals surface area contributed by atoms with Gasteiger partial charge in [0.05, 0.1) is 0 Å². The summed E-state index contributed by atoms with van der Waals surface area (Å²) in [4.78, 5) is 0. The van der Waals surface area contributed by atoms with Crippen LogP contribution in [0, 0.1) is 5.92 Å². The molecule has 0 radical (unpaired) electrons. The number of fused-ring (bicyclic) bond motifs is 1. The van der Waals surface area contributed by atoms with Crippen LogP contribution in [0.5, 0.6) is 11.5 Å². The summed E-state index contributed by atoms with van der Waals surface area (Å²) >= 11 is 0. The zero-order chi connectivity index (χ0) is 10.3. The maximum atomic E-state index is 5.37. The van der Waals surface area contributed by atoms with Gasteiger partial charge < -0.3 is 14.8 Å². The Morgan fingerprint density at radius 2 is 2.20 bits per heavy atom. The Kier molecular flexibility index (Phi) is 2.06. The van der Waals surface area contributed by atoms with Gasteiger partial charge in [-0.2, -0.15) is 0 Å². The third kappa shape index (κ3) is 1.57. The van der Waals surface area contributed by atoms with Gasteiger partial charge in [-0.05, 0) is 49.5 Å². The normalized spacial score (nSPS) is 26.7. The highest BCUT2D eigenvalue weighted by Gasteiger charge is 2.38. The molecule has 3 heteroatoms. The van der Waals surface area contributed by atoms with Crippen molar-refractivity contribution in [2.45, 2.75) is 12.3 Å². The van der Waals surface area contributed by atoms with Gasteiger partial charge in [0.2, 0.25) is 6.79 Å². The van der Waals surface area contributed by atoms with Crippen LogP contribution in [0.1, 0.15) is 17.9 Å². The molecule has 15 heavy (non-hydrogen) atoms. The Morgan fingerprint density at radius 3 is 3.07 bits per heavy atom. The third-order valence-electron chi connectivity index (χ3n) is 3.21. The lowest BCUT2D eigenvalue weighted by Gasteiger charge is -2.02. The fourth-order valence-electron chi connectivity index (χ4n) is 2.29. The van der Waals surface area contributed by atoms with Crippen molar-refractivity contribution in [2.24, 2.45) is 5.92 Å². The number of hydrogen-bond donors (Lipinski definition) is 1. The number of hydrogen-bond acceptors (Lipinski definition) is 3. The van der Waals surface area contributed by atoms with E-state index in [-0.39, 0.29) is 0 Å². The maximum Gasteiger partial charge on any atom is 0.231 e. The number of ether oxygens (including phenoxy) is 2. The molecule has 3 nitrogen and oxygen atoms in total. The van der Waals surface area contributed by atoms with E-state index in [2.05, 4.69) is 17.4 Å². The van der Waals surface area contributed by atoms with Crippen molar-refractivity contribution in [3.63, 3.8) is 0 Å². The Labute approximate surface area is 89.4 Å². The molecule has 1 aliphatic carbocycles. The molecule has 0 saturated heterocycles. The van der Waals surface area contributed by atoms with Gasteiger partial charge in [0.15, 0.2) is 11.5 Å². The predicted molar refractivity (Wildman–Crippen MR) is 57.3 cm³/mol. The molecule has 1 saturated carbocycles. The smallest absolute Gasteiger partial charge is 0.231 e. The zero-order valence-electron chi connectivity index (χ0n) is 8.82. The molecule has 1 aromatic carbocycles. The van der Waals surface area contributed by atoms with Crippen LogP contribution in [0.15, 0.2) is 18.2 Å². The van der Waals surface area contributed by atoms with Crippen molar-refractivity contribution >= 4 is 0 Å². The SMILES string of the molecule is CNCC1CC1c1ccc2c(c1)OCO2. The van der Waals surface area contributed by atoms with Crippen molar-refractivity contribution in [2.75, 3.05) is 20.4 Å². The first-order chi connectivity index (χ1) is 7.38. The largest absolute Gasteiger partial charge is 0.454 e. The topological polar surface area (TPSA) is 30.5 Å². The first kappa shape index (κ1) is 9.04. The molecule has 0 amide bonds. The summed E-state index contributed by atoms with van der Waals surface area (Å²) in [6.07, 6.45) is 1.29. The van der Waals surface area contributed by atoms with Crippen molar-refractivity contribution in [3.05, 3.63) is 23.8 Å². The van der Waals surface area contributed by atoms with Crippen LogP contribution in [0.4, 0.5) is 0 Å². The van der Waals surface area contributed by atoms with Crippen molar-refractivity contribution in [3.8, 4) is 11.5 Å². The fraction of sp³-hybridized carbons (Fsp3) is 0.500. The van der Waals surface area contributed by atoms with Gasteiger partial charge in [0.1, 0.15) is 0 Å². The summed E-state index contributed by atoms with van der Waals surface area (Å²) in [5, 5.41) is 3.23. The van der Waals surface area contributed by atoms with Crippen molar-refractivity contribution < 1.29 is 9.47 Å².